The molecule has 0 amide bonds. The lowest BCUT2D eigenvalue weighted by Crippen LogP contribution is -2.24. The number of ether oxygens (including phenoxy) is 2. The minimum Gasteiger partial charge on any atom is -0.494 e. The lowest BCUT2D eigenvalue weighted by Gasteiger charge is -2.18. The van der Waals surface area contributed by atoms with Gasteiger partial charge in [-0.25, -0.2) is 27.7 Å². The highest BCUT2D eigenvalue weighted by molar-refractivity contribution is 7.88. The standard InChI is InChI=1S/C29H33N3O7S/c1-19-15-25(37-14-6-13-30-40(4,35)36)16-20(2)27(19)26-8-5-7-23(21(26)3)18-38-24-11-9-22(10-12-24)17-32-28(33)31-29(34)39-32/h5,7-12,15-16,30H,6,13-14,17-18H2,1-4H3,(H,31,33,34). The first kappa shape index (κ1) is 28.9. The van der Waals surface area contributed by atoms with Gasteiger partial charge < -0.3 is 14.0 Å². The van der Waals surface area contributed by atoms with E-state index in [-0.39, 0.29) is 6.54 Å². The molecule has 1 aromatic heterocycles. The third-order valence-electron chi connectivity index (χ3n) is 6.45. The zero-order valence-electron chi connectivity index (χ0n) is 22.9. The Labute approximate surface area is 232 Å². The molecule has 40 heavy (non-hydrogen) atoms. The monoisotopic (exact) mass is 567 g/mol. The molecule has 4 rings (SSSR count). The number of rotatable bonds is 12. The van der Waals surface area contributed by atoms with E-state index in [2.05, 4.69) is 36.5 Å². The minimum absolute atomic E-state index is 0.141. The van der Waals surface area contributed by atoms with Crippen molar-refractivity contribution < 1.29 is 22.4 Å². The molecule has 0 spiro atoms. The lowest BCUT2D eigenvalue weighted by molar-refractivity contribution is 0.258. The van der Waals surface area contributed by atoms with E-state index < -0.39 is 21.5 Å². The molecule has 0 saturated carbocycles. The number of aromatic nitrogens is 2. The van der Waals surface area contributed by atoms with Gasteiger partial charge in [0.05, 0.1) is 19.4 Å². The normalized spacial score (nSPS) is 11.5. The molecular weight excluding hydrogens is 534 g/mol. The van der Waals surface area contributed by atoms with Crippen LogP contribution in [-0.2, 0) is 23.2 Å². The van der Waals surface area contributed by atoms with E-state index in [0.29, 0.717) is 31.9 Å². The summed E-state index contributed by atoms with van der Waals surface area (Å²) in [7, 11) is -3.20. The van der Waals surface area contributed by atoms with Gasteiger partial charge in [-0.15, -0.1) is 4.74 Å². The molecule has 3 aromatic carbocycles. The third kappa shape index (κ3) is 7.51. The Balaban J connectivity index is 1.41. The van der Waals surface area contributed by atoms with Gasteiger partial charge in [-0.1, -0.05) is 30.3 Å². The smallest absolute Gasteiger partial charge is 0.440 e. The summed E-state index contributed by atoms with van der Waals surface area (Å²) in [4.78, 5) is 24.9. The van der Waals surface area contributed by atoms with Crippen LogP contribution in [0.15, 0.2) is 68.7 Å². The van der Waals surface area contributed by atoms with Gasteiger partial charge in [0.2, 0.25) is 10.0 Å². The zero-order chi connectivity index (χ0) is 28.9. The number of H-pyrrole nitrogens is 1. The Morgan fingerprint density at radius 2 is 1.65 bits per heavy atom. The second-order valence-electron chi connectivity index (χ2n) is 9.67. The molecule has 0 radical (unpaired) electrons. The number of aryl methyl sites for hydroxylation is 2. The van der Waals surface area contributed by atoms with Gasteiger partial charge in [0.15, 0.2) is 0 Å². The van der Waals surface area contributed by atoms with Crippen LogP contribution in [0.1, 0.15) is 34.2 Å². The van der Waals surface area contributed by atoms with Crippen molar-refractivity contribution in [2.45, 2.75) is 40.3 Å². The number of aromatic amines is 1. The van der Waals surface area contributed by atoms with Crippen LogP contribution in [0.3, 0.4) is 0 Å². The SMILES string of the molecule is Cc1cc(OCCCNS(C)(=O)=O)cc(C)c1-c1cccc(COc2ccc(Cn3oc(=O)[nH]c3=O)cc2)c1C. The molecule has 212 valence electrons. The maximum Gasteiger partial charge on any atom is 0.440 e. The number of nitrogens with one attached hydrogen (secondary N) is 2. The topological polar surface area (TPSA) is 133 Å². The summed E-state index contributed by atoms with van der Waals surface area (Å²) in [5.74, 6) is 0.646. The summed E-state index contributed by atoms with van der Waals surface area (Å²) >= 11 is 0. The first-order chi connectivity index (χ1) is 19.0. The van der Waals surface area contributed by atoms with Crippen LogP contribution < -0.4 is 25.6 Å². The fourth-order valence-corrected chi connectivity index (χ4v) is 5.01. The van der Waals surface area contributed by atoms with Crippen molar-refractivity contribution in [3.8, 4) is 22.6 Å². The molecular formula is C29H33N3O7S. The van der Waals surface area contributed by atoms with E-state index in [1.165, 1.54) is 0 Å². The van der Waals surface area contributed by atoms with Crippen LogP contribution in [-0.4, -0.2) is 37.5 Å². The second-order valence-corrected chi connectivity index (χ2v) is 11.5. The molecule has 0 bridgehead atoms. The van der Waals surface area contributed by atoms with E-state index in [1.807, 2.05) is 48.5 Å². The Hall–Kier alpha value is -4.09. The van der Waals surface area contributed by atoms with Crippen LogP contribution in [0.4, 0.5) is 0 Å². The van der Waals surface area contributed by atoms with Crippen LogP contribution >= 0.6 is 0 Å². The molecule has 10 nitrogen and oxygen atoms in total. The van der Waals surface area contributed by atoms with Crippen molar-refractivity contribution in [3.05, 3.63) is 103 Å². The van der Waals surface area contributed by atoms with Crippen LogP contribution in [0.5, 0.6) is 11.5 Å². The molecule has 2 N–H and O–H groups in total. The van der Waals surface area contributed by atoms with Gasteiger partial charge in [0.1, 0.15) is 18.1 Å². The maximum absolute atomic E-state index is 11.6. The summed E-state index contributed by atoms with van der Waals surface area (Å²) in [6.07, 6.45) is 1.71. The Morgan fingerprint density at radius 3 is 2.27 bits per heavy atom. The van der Waals surface area contributed by atoms with Gasteiger partial charge in [-0.2, -0.15) is 0 Å². The lowest BCUT2D eigenvalue weighted by atomic mass is 9.90. The van der Waals surface area contributed by atoms with Gasteiger partial charge in [-0.05, 0) is 90.4 Å². The molecule has 0 aliphatic heterocycles. The van der Waals surface area contributed by atoms with E-state index in [9.17, 15) is 18.0 Å². The number of sulfonamides is 1. The van der Waals surface area contributed by atoms with Crippen molar-refractivity contribution >= 4 is 10.0 Å². The van der Waals surface area contributed by atoms with Gasteiger partial charge in [0.25, 0.3) is 0 Å². The quantitative estimate of drug-likeness (QED) is 0.250. The Bertz CT molecular complexity index is 1680. The summed E-state index contributed by atoms with van der Waals surface area (Å²) < 4.78 is 42.5. The van der Waals surface area contributed by atoms with E-state index in [0.717, 1.165) is 55.7 Å². The maximum atomic E-state index is 11.6. The van der Waals surface area contributed by atoms with Crippen LogP contribution in [0.25, 0.3) is 11.1 Å². The van der Waals surface area contributed by atoms with Crippen molar-refractivity contribution in [3.63, 3.8) is 0 Å². The highest BCUT2D eigenvalue weighted by Gasteiger charge is 2.13. The predicted molar refractivity (Wildman–Crippen MR) is 153 cm³/mol. The summed E-state index contributed by atoms with van der Waals surface area (Å²) in [5.41, 5.74) is 6.80. The minimum atomic E-state index is -3.20. The average molecular weight is 568 g/mol. The average Bonchev–Trinajstić information content (AvgIpc) is 3.20. The molecule has 4 aromatic rings. The molecule has 0 atom stereocenters. The fourth-order valence-electron chi connectivity index (χ4n) is 4.50. The van der Waals surface area contributed by atoms with Crippen molar-refractivity contribution in [1.82, 2.24) is 14.4 Å². The fraction of sp³-hybridized carbons (Fsp3) is 0.310. The van der Waals surface area contributed by atoms with Crippen molar-refractivity contribution in [1.29, 1.82) is 0 Å². The van der Waals surface area contributed by atoms with E-state index in [1.54, 1.807) is 0 Å². The van der Waals surface area contributed by atoms with E-state index >= 15 is 0 Å². The second kappa shape index (κ2) is 12.4. The highest BCUT2D eigenvalue weighted by Crippen LogP contribution is 2.34. The number of nitrogens with zero attached hydrogens (tertiary/aromatic N) is 1. The first-order valence-corrected chi connectivity index (χ1v) is 14.7. The van der Waals surface area contributed by atoms with Gasteiger partial charge in [-0.3, -0.25) is 0 Å². The van der Waals surface area contributed by atoms with Crippen molar-refractivity contribution in [2.24, 2.45) is 0 Å². The molecule has 0 fully saturated rings. The predicted octanol–water partition coefficient (Wildman–Crippen LogP) is 3.67. The Morgan fingerprint density at radius 1 is 0.950 bits per heavy atom. The summed E-state index contributed by atoms with van der Waals surface area (Å²) in [5, 5.41) is 0. The Kier molecular flexibility index (Phi) is 8.96. The molecule has 0 saturated heterocycles. The number of benzene rings is 3. The molecule has 1 heterocycles. The number of hydrogen-bond acceptors (Lipinski definition) is 7. The molecule has 0 aliphatic rings. The first-order valence-electron chi connectivity index (χ1n) is 12.8. The summed E-state index contributed by atoms with van der Waals surface area (Å²) in [6, 6.07) is 17.4. The number of hydrogen-bond donors (Lipinski definition) is 2. The molecule has 0 unspecified atom stereocenters. The molecule has 11 heteroatoms. The zero-order valence-corrected chi connectivity index (χ0v) is 23.8. The van der Waals surface area contributed by atoms with Gasteiger partial charge in [0, 0.05) is 6.54 Å². The van der Waals surface area contributed by atoms with Gasteiger partial charge >= 0.3 is 11.4 Å². The third-order valence-corrected chi connectivity index (χ3v) is 7.18. The highest BCUT2D eigenvalue weighted by atomic mass is 32.2. The summed E-state index contributed by atoms with van der Waals surface area (Å²) in [6.45, 7) is 7.45. The van der Waals surface area contributed by atoms with Crippen LogP contribution in [0, 0.1) is 20.8 Å². The van der Waals surface area contributed by atoms with E-state index in [4.69, 9.17) is 14.0 Å². The van der Waals surface area contributed by atoms with Crippen LogP contribution in [0.2, 0.25) is 0 Å². The molecule has 0 aliphatic carbocycles. The van der Waals surface area contributed by atoms with Crippen molar-refractivity contribution in [2.75, 3.05) is 19.4 Å². The largest absolute Gasteiger partial charge is 0.494 e.